The quantitative estimate of drug-likeness (QED) is 0.134. The van der Waals surface area contributed by atoms with Crippen molar-refractivity contribution in [3.05, 3.63) is 93.5 Å². The molecule has 0 aliphatic carbocycles. The molecular weight excluding hydrogens is 444 g/mol. The maximum atomic E-state index is 13.7. The molecule has 0 saturated heterocycles. The van der Waals surface area contributed by atoms with Gasteiger partial charge in [0.25, 0.3) is 17.5 Å². The summed E-state index contributed by atoms with van der Waals surface area (Å²) in [6.07, 6.45) is 1.55. The highest BCUT2D eigenvalue weighted by atomic mass is 16.6. The lowest BCUT2D eigenvalue weighted by Gasteiger charge is -2.29. The molecule has 8 heteroatoms. The normalized spacial score (nSPS) is 13.5. The molecule has 0 spiro atoms. The van der Waals surface area contributed by atoms with Gasteiger partial charge in [0.2, 0.25) is 0 Å². The third kappa shape index (κ3) is 3.94. The summed E-state index contributed by atoms with van der Waals surface area (Å²) in [5, 5.41) is 14.1. The fourth-order valence-corrected chi connectivity index (χ4v) is 4.45. The minimum atomic E-state index is -0.453. The molecule has 0 aromatic heterocycles. The van der Waals surface area contributed by atoms with Crippen molar-refractivity contribution in [2.45, 2.75) is 0 Å². The number of carbonyl (C=O) groups is 2. The zero-order valence-electron chi connectivity index (χ0n) is 19.3. The van der Waals surface area contributed by atoms with Crippen LogP contribution in [0.4, 0.5) is 11.4 Å². The summed E-state index contributed by atoms with van der Waals surface area (Å²) in [7, 11) is 3.79. The first-order valence-electron chi connectivity index (χ1n) is 11.1. The summed E-state index contributed by atoms with van der Waals surface area (Å²) < 4.78 is 0. The Labute approximate surface area is 201 Å². The van der Waals surface area contributed by atoms with Crippen molar-refractivity contribution in [2.75, 3.05) is 27.2 Å². The van der Waals surface area contributed by atoms with Crippen LogP contribution < -0.4 is 0 Å². The zero-order chi connectivity index (χ0) is 24.7. The molecule has 4 aromatic rings. The number of carbonyl (C=O) groups excluding carboxylic acids is 2. The van der Waals surface area contributed by atoms with E-state index in [0.29, 0.717) is 39.7 Å². The van der Waals surface area contributed by atoms with Crippen LogP contribution in [0.5, 0.6) is 0 Å². The summed E-state index contributed by atoms with van der Waals surface area (Å²) >= 11 is 0. The molecule has 4 aromatic carbocycles. The third-order valence-corrected chi connectivity index (χ3v) is 6.12. The molecule has 0 atom stereocenters. The molecule has 174 valence electrons. The lowest BCUT2D eigenvalue weighted by Crippen LogP contribution is -2.43. The van der Waals surface area contributed by atoms with E-state index in [1.807, 2.05) is 49.3 Å². The van der Waals surface area contributed by atoms with E-state index in [9.17, 15) is 19.7 Å². The van der Waals surface area contributed by atoms with Crippen molar-refractivity contribution in [1.82, 2.24) is 9.80 Å². The second kappa shape index (κ2) is 8.73. The van der Waals surface area contributed by atoms with Gasteiger partial charge in [0.05, 0.1) is 16.2 Å². The van der Waals surface area contributed by atoms with Crippen LogP contribution in [0.1, 0.15) is 26.3 Å². The summed E-state index contributed by atoms with van der Waals surface area (Å²) in [6.45, 7) is 0.821. The largest absolute Gasteiger partial charge is 0.308 e. The number of aliphatic imine (C=N–C) groups is 1. The number of hydrogen-bond donors (Lipinski definition) is 0. The van der Waals surface area contributed by atoms with Gasteiger partial charge in [0.1, 0.15) is 0 Å². The van der Waals surface area contributed by atoms with Gasteiger partial charge in [-0.25, -0.2) is 0 Å². The van der Waals surface area contributed by atoms with E-state index >= 15 is 0 Å². The van der Waals surface area contributed by atoms with Crippen LogP contribution in [0.15, 0.2) is 71.7 Å². The Bertz CT molecular complexity index is 1560. The monoisotopic (exact) mass is 466 g/mol. The van der Waals surface area contributed by atoms with Gasteiger partial charge < -0.3 is 4.90 Å². The minimum absolute atomic E-state index is 0.0252. The molecule has 1 heterocycles. The lowest BCUT2D eigenvalue weighted by atomic mass is 9.89. The van der Waals surface area contributed by atoms with E-state index in [0.717, 1.165) is 10.8 Å². The summed E-state index contributed by atoms with van der Waals surface area (Å²) in [6, 6.07) is 19.2. The molecule has 8 nitrogen and oxygen atoms in total. The first-order chi connectivity index (χ1) is 16.8. The van der Waals surface area contributed by atoms with Gasteiger partial charge in [0, 0.05) is 47.8 Å². The Balaban J connectivity index is 1.71. The second-order valence-corrected chi connectivity index (χ2v) is 8.71. The molecular formula is C27H22N4O4. The number of non-ortho nitro benzene ring substituents is 1. The fraction of sp³-hybridized carbons (Fsp3) is 0.148. The zero-order valence-corrected chi connectivity index (χ0v) is 19.3. The van der Waals surface area contributed by atoms with Gasteiger partial charge in [-0.1, -0.05) is 36.4 Å². The molecule has 1 aliphatic heterocycles. The Morgan fingerprint density at radius 2 is 1.66 bits per heavy atom. The number of nitro benzene ring substituents is 1. The maximum absolute atomic E-state index is 13.7. The molecule has 1 aliphatic rings. The SMILES string of the molecule is CN(C)CCN1C(=O)c2cccc3cc4cccc(N=Cc5cccc([N+](=O)[O-])c5)c4c(c23)C1=O. The number of benzene rings is 4. The fourth-order valence-electron chi connectivity index (χ4n) is 4.45. The topological polar surface area (TPSA) is 96.1 Å². The number of imide groups is 1. The van der Waals surface area contributed by atoms with E-state index in [1.165, 1.54) is 17.0 Å². The molecule has 35 heavy (non-hydrogen) atoms. The van der Waals surface area contributed by atoms with Gasteiger partial charge in [-0.05, 0) is 48.6 Å². The molecule has 0 bridgehead atoms. The van der Waals surface area contributed by atoms with Crippen molar-refractivity contribution in [3.8, 4) is 0 Å². The Kier molecular flexibility index (Phi) is 5.58. The van der Waals surface area contributed by atoms with Gasteiger partial charge in [0.15, 0.2) is 0 Å². The number of rotatable bonds is 6. The maximum Gasteiger partial charge on any atom is 0.270 e. The van der Waals surface area contributed by atoms with E-state index < -0.39 is 4.92 Å². The number of nitrogens with zero attached hydrogens (tertiary/aromatic N) is 4. The highest BCUT2D eigenvalue weighted by Gasteiger charge is 2.34. The smallest absolute Gasteiger partial charge is 0.270 e. The minimum Gasteiger partial charge on any atom is -0.308 e. The van der Waals surface area contributed by atoms with E-state index in [2.05, 4.69) is 4.99 Å². The van der Waals surface area contributed by atoms with Crippen LogP contribution in [0, 0.1) is 10.1 Å². The van der Waals surface area contributed by atoms with Crippen LogP contribution in [-0.4, -0.2) is 59.9 Å². The first-order valence-corrected chi connectivity index (χ1v) is 11.1. The van der Waals surface area contributed by atoms with E-state index in [-0.39, 0.29) is 24.0 Å². The average Bonchev–Trinajstić information content (AvgIpc) is 2.84. The average molecular weight is 466 g/mol. The summed E-state index contributed by atoms with van der Waals surface area (Å²) in [4.78, 5) is 45.5. The molecule has 0 unspecified atom stereocenters. The van der Waals surface area contributed by atoms with Crippen LogP contribution >= 0.6 is 0 Å². The molecule has 2 amide bonds. The van der Waals surface area contributed by atoms with Gasteiger partial charge in [-0.3, -0.25) is 29.6 Å². The van der Waals surface area contributed by atoms with Gasteiger partial charge in [-0.2, -0.15) is 0 Å². The standard InChI is InChI=1S/C27H22N4O4/c1-29(2)12-13-30-26(32)21-10-4-7-18-15-19-8-5-11-22(24(19)25(23(18)21)27(30)33)28-16-17-6-3-9-20(14-17)31(34)35/h3-11,14-16H,12-13H2,1-2H3. The molecule has 0 saturated carbocycles. The van der Waals surface area contributed by atoms with Crippen LogP contribution in [0.3, 0.4) is 0 Å². The predicted molar refractivity (Wildman–Crippen MR) is 136 cm³/mol. The van der Waals surface area contributed by atoms with Crippen molar-refractivity contribution < 1.29 is 14.5 Å². The van der Waals surface area contributed by atoms with Crippen molar-refractivity contribution >= 4 is 50.9 Å². The predicted octanol–water partition coefficient (Wildman–Crippen LogP) is 4.81. The number of amides is 2. The Hall–Kier alpha value is -4.43. The van der Waals surface area contributed by atoms with Gasteiger partial charge in [-0.15, -0.1) is 0 Å². The lowest BCUT2D eigenvalue weighted by molar-refractivity contribution is -0.384. The Morgan fingerprint density at radius 1 is 0.943 bits per heavy atom. The van der Waals surface area contributed by atoms with Crippen LogP contribution in [0.25, 0.3) is 21.5 Å². The summed E-state index contributed by atoms with van der Waals surface area (Å²) in [5.41, 5.74) is 2.05. The van der Waals surface area contributed by atoms with Crippen molar-refractivity contribution in [2.24, 2.45) is 4.99 Å². The van der Waals surface area contributed by atoms with Crippen molar-refractivity contribution in [1.29, 1.82) is 0 Å². The van der Waals surface area contributed by atoms with E-state index in [1.54, 1.807) is 30.5 Å². The number of nitro groups is 1. The molecule has 0 radical (unpaired) electrons. The molecule has 0 N–H and O–H groups in total. The highest BCUT2D eigenvalue weighted by Crippen LogP contribution is 2.39. The highest BCUT2D eigenvalue weighted by molar-refractivity contribution is 6.31. The first kappa shape index (κ1) is 22.4. The van der Waals surface area contributed by atoms with Crippen LogP contribution in [0.2, 0.25) is 0 Å². The number of hydrogen-bond acceptors (Lipinski definition) is 6. The van der Waals surface area contributed by atoms with Crippen LogP contribution in [-0.2, 0) is 0 Å². The molecule has 0 fully saturated rings. The van der Waals surface area contributed by atoms with Crippen molar-refractivity contribution in [3.63, 3.8) is 0 Å². The second-order valence-electron chi connectivity index (χ2n) is 8.71. The third-order valence-electron chi connectivity index (χ3n) is 6.12. The van der Waals surface area contributed by atoms with E-state index in [4.69, 9.17) is 0 Å². The molecule has 5 rings (SSSR count). The number of likely N-dealkylation sites (N-methyl/N-ethyl adjacent to an activating group) is 1. The number of fused-ring (bicyclic) bond motifs is 2. The Morgan fingerprint density at radius 3 is 2.40 bits per heavy atom. The van der Waals surface area contributed by atoms with Gasteiger partial charge >= 0.3 is 0 Å². The summed E-state index contributed by atoms with van der Waals surface area (Å²) in [5.74, 6) is -0.643.